The number of para-hydroxylation sites is 1. The first-order valence-electron chi connectivity index (χ1n) is 14.9. The highest BCUT2D eigenvalue weighted by molar-refractivity contribution is 7.99. The minimum Gasteiger partial charge on any atom is -0.362 e. The zero-order chi connectivity index (χ0) is 22.3. The van der Waals surface area contributed by atoms with Crippen molar-refractivity contribution in [3.05, 3.63) is 24.3 Å². The molecule has 1 aromatic carbocycles. The third kappa shape index (κ3) is 3.43. The number of anilines is 1. The van der Waals surface area contributed by atoms with Crippen LogP contribution in [0.1, 0.15) is 89.9 Å². The molecule has 9 aliphatic rings. The fraction of sp³-hybridized carbons (Fsp3) is 0.806. The van der Waals surface area contributed by atoms with Crippen molar-refractivity contribution in [2.75, 3.05) is 23.1 Å². The number of nitrogens with zero attached hydrogens (tertiary/aromatic N) is 1. The highest BCUT2D eigenvalue weighted by atomic mass is 32.2. The summed E-state index contributed by atoms with van der Waals surface area (Å²) in [6.07, 6.45) is 22.0. The number of hydrogen-bond donors (Lipinski definition) is 0. The fourth-order valence-corrected chi connectivity index (χ4v) is 17.9. The quantitative estimate of drug-likeness (QED) is 0.391. The molecular formula is C31H44NPS. The van der Waals surface area contributed by atoms with Gasteiger partial charge in [-0.2, -0.15) is 0 Å². The van der Waals surface area contributed by atoms with Crippen LogP contribution in [0.25, 0.3) is 0 Å². The van der Waals surface area contributed by atoms with Crippen LogP contribution in [0.2, 0.25) is 0 Å². The first kappa shape index (κ1) is 21.8. The lowest BCUT2D eigenvalue weighted by Gasteiger charge is -2.67. The summed E-state index contributed by atoms with van der Waals surface area (Å²) in [5.41, 5.74) is 1.69. The van der Waals surface area contributed by atoms with Gasteiger partial charge in [0.1, 0.15) is 0 Å². The summed E-state index contributed by atoms with van der Waals surface area (Å²) in [5, 5.41) is 3.26. The van der Waals surface area contributed by atoms with E-state index in [1.54, 1.807) is 82.7 Å². The molecule has 8 bridgehead atoms. The molecule has 34 heavy (non-hydrogen) atoms. The molecule has 3 heteroatoms. The maximum Gasteiger partial charge on any atom is 0.0639 e. The standard InChI is InChI=1S/C31H44NPS/c1-2-6-29(28(5-1)32-7-3-4-8-34-21-32)33(30-15-22-9-23(16-30)11-24(10-22)17-30)31-18-25-12-26(19-31)14-27(13-25)20-31/h1-2,5-6,22-27H,3-4,7-21H2. The van der Waals surface area contributed by atoms with Crippen LogP contribution in [0.3, 0.4) is 0 Å². The average molecular weight is 494 g/mol. The molecule has 10 rings (SSSR count). The van der Waals surface area contributed by atoms with Crippen molar-refractivity contribution in [2.45, 2.75) is 100 Å². The van der Waals surface area contributed by atoms with Crippen LogP contribution in [0.4, 0.5) is 5.69 Å². The van der Waals surface area contributed by atoms with Gasteiger partial charge in [-0.25, -0.2) is 0 Å². The Morgan fingerprint density at radius 2 is 1.18 bits per heavy atom. The topological polar surface area (TPSA) is 3.24 Å². The van der Waals surface area contributed by atoms with E-state index in [0.29, 0.717) is 10.3 Å². The molecule has 1 nitrogen and oxygen atoms in total. The van der Waals surface area contributed by atoms with Crippen molar-refractivity contribution < 1.29 is 0 Å². The summed E-state index contributed by atoms with van der Waals surface area (Å²) in [5.74, 6) is 9.03. The van der Waals surface area contributed by atoms with Gasteiger partial charge >= 0.3 is 0 Å². The second-order valence-electron chi connectivity index (χ2n) is 14.1. The molecule has 1 aromatic rings. The van der Waals surface area contributed by atoms with E-state index in [2.05, 4.69) is 40.9 Å². The zero-order valence-electron chi connectivity index (χ0n) is 21.1. The molecule has 0 aromatic heterocycles. The predicted octanol–water partition coefficient (Wildman–Crippen LogP) is 8.02. The van der Waals surface area contributed by atoms with Crippen LogP contribution < -0.4 is 10.2 Å². The Kier molecular flexibility index (Phi) is 5.24. The largest absolute Gasteiger partial charge is 0.362 e. The summed E-state index contributed by atoms with van der Waals surface area (Å²) in [7, 11) is -0.109. The second kappa shape index (κ2) is 8.15. The molecule has 8 saturated carbocycles. The summed E-state index contributed by atoms with van der Waals surface area (Å²) in [4.78, 5) is 2.84. The van der Waals surface area contributed by atoms with E-state index in [9.17, 15) is 0 Å². The van der Waals surface area contributed by atoms with Crippen LogP contribution in [0.15, 0.2) is 24.3 Å². The Labute approximate surface area is 213 Å². The Bertz CT molecular complexity index is 819. The van der Waals surface area contributed by atoms with E-state index < -0.39 is 0 Å². The van der Waals surface area contributed by atoms with Gasteiger partial charge in [0, 0.05) is 17.5 Å². The van der Waals surface area contributed by atoms with Gasteiger partial charge < -0.3 is 4.90 Å². The van der Waals surface area contributed by atoms with Gasteiger partial charge in [0.15, 0.2) is 0 Å². The minimum atomic E-state index is -0.109. The molecule has 0 atom stereocenters. The highest BCUT2D eigenvalue weighted by Crippen LogP contribution is 2.78. The molecule has 8 aliphatic carbocycles. The lowest BCUT2D eigenvalue weighted by molar-refractivity contribution is 0.0195. The molecule has 0 radical (unpaired) electrons. The van der Waals surface area contributed by atoms with Crippen LogP contribution in [0.5, 0.6) is 0 Å². The molecule has 184 valence electrons. The van der Waals surface area contributed by atoms with Gasteiger partial charge in [0.25, 0.3) is 0 Å². The van der Waals surface area contributed by atoms with Crippen LogP contribution >= 0.6 is 19.7 Å². The zero-order valence-corrected chi connectivity index (χ0v) is 22.8. The van der Waals surface area contributed by atoms with Crippen molar-refractivity contribution in [1.29, 1.82) is 0 Å². The van der Waals surface area contributed by atoms with Crippen molar-refractivity contribution in [2.24, 2.45) is 35.5 Å². The lowest BCUT2D eigenvalue weighted by Crippen LogP contribution is -2.58. The Morgan fingerprint density at radius 1 is 0.676 bits per heavy atom. The first-order valence-corrected chi connectivity index (χ1v) is 17.4. The molecule has 0 N–H and O–H groups in total. The first-order chi connectivity index (χ1) is 16.7. The molecule has 1 saturated heterocycles. The van der Waals surface area contributed by atoms with E-state index in [1.807, 2.05) is 5.30 Å². The van der Waals surface area contributed by atoms with Crippen molar-refractivity contribution >= 4 is 30.7 Å². The summed E-state index contributed by atoms with van der Waals surface area (Å²) in [6.45, 7) is 1.29. The van der Waals surface area contributed by atoms with Gasteiger partial charge in [-0.3, -0.25) is 0 Å². The maximum absolute atomic E-state index is 2.84. The molecule has 1 heterocycles. The third-order valence-electron chi connectivity index (χ3n) is 11.6. The van der Waals surface area contributed by atoms with Crippen LogP contribution in [-0.4, -0.2) is 28.5 Å². The van der Waals surface area contributed by atoms with Crippen molar-refractivity contribution in [1.82, 2.24) is 0 Å². The van der Waals surface area contributed by atoms with E-state index in [4.69, 9.17) is 0 Å². The van der Waals surface area contributed by atoms with E-state index >= 15 is 0 Å². The van der Waals surface area contributed by atoms with E-state index in [1.165, 1.54) is 31.0 Å². The van der Waals surface area contributed by atoms with Gasteiger partial charge in [-0.15, -0.1) is 11.8 Å². The van der Waals surface area contributed by atoms with Gasteiger partial charge in [0.2, 0.25) is 0 Å². The lowest BCUT2D eigenvalue weighted by atomic mass is 9.55. The van der Waals surface area contributed by atoms with Crippen LogP contribution in [-0.2, 0) is 0 Å². The minimum absolute atomic E-state index is 0.109. The monoisotopic (exact) mass is 493 g/mol. The Hall–Kier alpha value is -0.200. The molecule has 0 unspecified atom stereocenters. The maximum atomic E-state index is 2.84. The van der Waals surface area contributed by atoms with Crippen molar-refractivity contribution in [3.8, 4) is 0 Å². The molecule has 1 aliphatic heterocycles. The van der Waals surface area contributed by atoms with E-state index in [-0.39, 0.29) is 7.92 Å². The van der Waals surface area contributed by atoms with Gasteiger partial charge in [0.05, 0.1) is 5.88 Å². The number of rotatable bonds is 4. The van der Waals surface area contributed by atoms with Crippen molar-refractivity contribution in [3.63, 3.8) is 0 Å². The second-order valence-corrected chi connectivity index (χ2v) is 18.2. The summed E-state index contributed by atoms with van der Waals surface area (Å²) < 4.78 is 0. The normalized spacial score (nSPS) is 47.7. The molecule has 0 spiro atoms. The third-order valence-corrected chi connectivity index (χ3v) is 16.6. The average Bonchev–Trinajstić information content (AvgIpc) is 3.07. The summed E-state index contributed by atoms with van der Waals surface area (Å²) >= 11 is 2.19. The summed E-state index contributed by atoms with van der Waals surface area (Å²) in [6, 6.07) is 10.1. The van der Waals surface area contributed by atoms with Gasteiger partial charge in [-0.1, -0.05) is 26.1 Å². The molecular weight excluding hydrogens is 449 g/mol. The number of hydrogen-bond acceptors (Lipinski definition) is 2. The predicted molar refractivity (Wildman–Crippen MR) is 149 cm³/mol. The Balaban J connectivity index is 1.28. The number of thioether (sulfide) groups is 1. The van der Waals surface area contributed by atoms with Gasteiger partial charge in [-0.05, 0) is 148 Å². The smallest absolute Gasteiger partial charge is 0.0639 e. The molecule has 0 amide bonds. The van der Waals surface area contributed by atoms with Crippen LogP contribution in [0, 0.1) is 35.5 Å². The number of benzene rings is 1. The SMILES string of the molecule is c1ccc(P(C23CC4CC(CC(C4)C2)C3)C23CC4CC(CC(C4)C2)C3)c(N2CCCCSC2)c1. The van der Waals surface area contributed by atoms with E-state index in [0.717, 1.165) is 35.5 Å². The highest BCUT2D eigenvalue weighted by Gasteiger charge is 2.63. The molecule has 9 fully saturated rings. The fourth-order valence-electron chi connectivity index (χ4n) is 11.5. The Morgan fingerprint density at radius 3 is 1.71 bits per heavy atom.